The molecule has 0 unspecified atom stereocenters. The van der Waals surface area contributed by atoms with Gasteiger partial charge in [-0.15, -0.1) is 0 Å². The first kappa shape index (κ1) is 17.0. The molecule has 11 heteroatoms. The Balaban J connectivity index is 2.58. The Morgan fingerprint density at radius 3 is 2.21 bits per heavy atom. The minimum absolute atomic E-state index is 0.499. The minimum Gasteiger partial charge on any atom is -0.375 e. The van der Waals surface area contributed by atoms with Crippen LogP contribution in [0.4, 0.5) is 11.4 Å². The topological polar surface area (TPSA) is 147 Å². The molecule has 0 radical (unpaired) electrons. The van der Waals surface area contributed by atoms with E-state index in [0.717, 1.165) is 18.2 Å². The van der Waals surface area contributed by atoms with Crippen LogP contribution in [0.25, 0.3) is 0 Å². The lowest BCUT2D eigenvalue weighted by Gasteiger charge is -2.06. The van der Waals surface area contributed by atoms with E-state index >= 15 is 0 Å². The summed E-state index contributed by atoms with van der Waals surface area (Å²) in [5, 5.41) is 21.7. The third-order valence-electron chi connectivity index (χ3n) is 2.78. The van der Waals surface area contributed by atoms with Crippen LogP contribution in [0.1, 0.15) is 0 Å². The average molecular weight is 352 g/mol. The Kier molecular flexibility index (Phi) is 4.55. The summed E-state index contributed by atoms with van der Waals surface area (Å²) in [4.78, 5) is 30.5. The van der Waals surface area contributed by atoms with Gasteiger partial charge in [-0.2, -0.15) is 8.42 Å². The average Bonchev–Trinajstić information content (AvgIpc) is 2.71. The van der Waals surface area contributed by atoms with Gasteiger partial charge in [0.1, 0.15) is 0 Å². The maximum atomic E-state index is 12.2. The van der Waals surface area contributed by atoms with Crippen LogP contribution >= 0.6 is 0 Å². The standard InChI is InChI=1S/C13H8N2O8S/c16-11-4-2-1-3-5-12(11)23-24(21,22)13-7-6-9(14(17)18)8-10(13)15(19)20/h1-8H. The molecule has 0 saturated heterocycles. The second kappa shape index (κ2) is 6.42. The van der Waals surface area contributed by atoms with Crippen LogP contribution in [0.3, 0.4) is 0 Å². The van der Waals surface area contributed by atoms with Crippen LogP contribution in [0.15, 0.2) is 58.2 Å². The molecule has 124 valence electrons. The normalized spacial score (nSPS) is 10.8. The van der Waals surface area contributed by atoms with Crippen LogP contribution in [-0.4, -0.2) is 18.3 Å². The fraction of sp³-hybridized carbons (Fsp3) is 0. The van der Waals surface area contributed by atoms with Gasteiger partial charge in [-0.25, -0.2) is 0 Å². The van der Waals surface area contributed by atoms with Crippen molar-refractivity contribution in [2.75, 3.05) is 0 Å². The third kappa shape index (κ3) is 3.52. The summed E-state index contributed by atoms with van der Waals surface area (Å²) in [6.07, 6.45) is 0. The van der Waals surface area contributed by atoms with Crippen LogP contribution in [0.5, 0.6) is 5.75 Å². The van der Waals surface area contributed by atoms with Crippen LogP contribution in [-0.2, 0) is 10.1 Å². The highest BCUT2D eigenvalue weighted by Gasteiger charge is 2.30. The van der Waals surface area contributed by atoms with Gasteiger partial charge in [-0.05, 0) is 18.2 Å². The highest BCUT2D eigenvalue weighted by Crippen LogP contribution is 2.29. The van der Waals surface area contributed by atoms with Gasteiger partial charge >= 0.3 is 10.1 Å². The molecule has 0 aliphatic rings. The number of nitro groups is 2. The quantitative estimate of drug-likeness (QED) is 0.448. The lowest BCUT2D eigenvalue weighted by atomic mass is 10.3. The molecule has 2 aromatic rings. The Hall–Kier alpha value is -3.34. The molecule has 2 aromatic carbocycles. The van der Waals surface area contributed by atoms with Crippen LogP contribution in [0, 0.1) is 20.2 Å². The molecule has 0 aromatic heterocycles. The zero-order valence-corrected chi connectivity index (χ0v) is 12.5. The summed E-state index contributed by atoms with van der Waals surface area (Å²) in [6.45, 7) is 0. The van der Waals surface area contributed by atoms with E-state index in [1.54, 1.807) is 0 Å². The first-order valence-electron chi connectivity index (χ1n) is 6.19. The van der Waals surface area contributed by atoms with Crippen LogP contribution in [0.2, 0.25) is 0 Å². The van der Waals surface area contributed by atoms with Crippen molar-refractivity contribution in [1.82, 2.24) is 0 Å². The Morgan fingerprint density at radius 2 is 1.58 bits per heavy atom. The molecular formula is C13H8N2O8S. The van der Waals surface area contributed by atoms with Gasteiger partial charge < -0.3 is 4.18 Å². The van der Waals surface area contributed by atoms with E-state index in [0.29, 0.717) is 12.1 Å². The monoisotopic (exact) mass is 352 g/mol. The number of hydrogen-bond donors (Lipinski definition) is 0. The van der Waals surface area contributed by atoms with E-state index in [2.05, 4.69) is 4.18 Å². The van der Waals surface area contributed by atoms with Gasteiger partial charge in [0.15, 0.2) is 10.6 Å². The number of benzene rings is 1. The molecular weight excluding hydrogens is 344 g/mol. The van der Waals surface area contributed by atoms with Crippen molar-refractivity contribution in [2.24, 2.45) is 0 Å². The van der Waals surface area contributed by atoms with E-state index in [4.69, 9.17) is 0 Å². The molecule has 0 saturated carbocycles. The van der Waals surface area contributed by atoms with Gasteiger partial charge in [-0.3, -0.25) is 25.0 Å². The third-order valence-corrected chi connectivity index (χ3v) is 4.06. The van der Waals surface area contributed by atoms with Crippen molar-refractivity contribution in [3.05, 3.63) is 79.0 Å². The maximum Gasteiger partial charge on any atom is 0.346 e. The maximum absolute atomic E-state index is 12.2. The zero-order chi connectivity index (χ0) is 17.9. The van der Waals surface area contributed by atoms with Gasteiger partial charge in [0.05, 0.1) is 15.9 Å². The summed E-state index contributed by atoms with van der Waals surface area (Å²) >= 11 is 0. The molecule has 10 nitrogen and oxygen atoms in total. The Morgan fingerprint density at radius 1 is 0.917 bits per heavy atom. The fourth-order valence-corrected chi connectivity index (χ4v) is 2.81. The first-order valence-corrected chi connectivity index (χ1v) is 7.60. The molecule has 2 rings (SSSR count). The lowest BCUT2D eigenvalue weighted by Crippen LogP contribution is -2.15. The summed E-state index contributed by atoms with van der Waals surface area (Å²) in [6, 6.07) is 8.25. The lowest BCUT2D eigenvalue weighted by molar-refractivity contribution is -0.396. The summed E-state index contributed by atoms with van der Waals surface area (Å²) in [5.74, 6) is -0.562. The largest absolute Gasteiger partial charge is 0.375 e. The smallest absolute Gasteiger partial charge is 0.346 e. The van der Waals surface area contributed by atoms with Crippen molar-refractivity contribution < 1.29 is 22.4 Å². The SMILES string of the molecule is O=c1cccccc1OS(=O)(=O)c1ccc([N+](=O)[O-])cc1[N+](=O)[O-]. The summed E-state index contributed by atoms with van der Waals surface area (Å²) in [5.41, 5.74) is -2.44. The number of hydrogen-bond acceptors (Lipinski definition) is 8. The molecule has 0 aliphatic carbocycles. The highest BCUT2D eigenvalue weighted by atomic mass is 32.2. The molecule has 24 heavy (non-hydrogen) atoms. The van der Waals surface area contributed by atoms with E-state index in [1.807, 2.05) is 0 Å². The second-order valence-corrected chi connectivity index (χ2v) is 5.86. The van der Waals surface area contributed by atoms with Gasteiger partial charge in [0.2, 0.25) is 5.43 Å². The molecule has 0 bridgehead atoms. The summed E-state index contributed by atoms with van der Waals surface area (Å²) < 4.78 is 29.1. The predicted octanol–water partition coefficient (Wildman–Crippen LogP) is 1.63. The number of nitrogens with zero attached hydrogens (tertiary/aromatic N) is 2. The van der Waals surface area contributed by atoms with Gasteiger partial charge in [0.25, 0.3) is 11.4 Å². The fourth-order valence-electron chi connectivity index (χ4n) is 1.72. The van der Waals surface area contributed by atoms with E-state index < -0.39 is 47.4 Å². The molecule has 0 N–H and O–H groups in total. The van der Waals surface area contributed by atoms with Gasteiger partial charge in [0, 0.05) is 6.07 Å². The van der Waals surface area contributed by atoms with Crippen molar-refractivity contribution in [2.45, 2.75) is 4.90 Å². The van der Waals surface area contributed by atoms with Crippen molar-refractivity contribution in [1.29, 1.82) is 0 Å². The van der Waals surface area contributed by atoms with Gasteiger partial charge in [-0.1, -0.05) is 18.2 Å². The number of nitro benzene ring substituents is 2. The van der Waals surface area contributed by atoms with Crippen molar-refractivity contribution in [3.63, 3.8) is 0 Å². The zero-order valence-electron chi connectivity index (χ0n) is 11.7. The minimum atomic E-state index is -4.75. The van der Waals surface area contributed by atoms with E-state index in [1.165, 1.54) is 18.2 Å². The molecule has 0 spiro atoms. The number of rotatable bonds is 5. The highest BCUT2D eigenvalue weighted by molar-refractivity contribution is 7.87. The predicted molar refractivity (Wildman–Crippen MR) is 80.3 cm³/mol. The second-order valence-electron chi connectivity index (χ2n) is 4.34. The Bertz CT molecular complexity index is 987. The van der Waals surface area contributed by atoms with E-state index in [-0.39, 0.29) is 0 Å². The molecule has 0 heterocycles. The van der Waals surface area contributed by atoms with E-state index in [9.17, 15) is 33.4 Å². The number of non-ortho nitro benzene ring substituents is 1. The first-order chi connectivity index (χ1) is 11.2. The molecule has 0 amide bonds. The molecule has 0 fully saturated rings. The molecule has 0 atom stereocenters. The summed E-state index contributed by atoms with van der Waals surface area (Å²) in [7, 11) is -4.75. The molecule has 0 aliphatic heterocycles. The van der Waals surface area contributed by atoms with Crippen molar-refractivity contribution in [3.8, 4) is 5.75 Å². The van der Waals surface area contributed by atoms with Crippen LogP contribution < -0.4 is 9.61 Å². The van der Waals surface area contributed by atoms with Crippen molar-refractivity contribution >= 4 is 21.5 Å². The Labute approximate surface area is 134 Å².